The first kappa shape index (κ1) is 25.1. The normalized spacial score (nSPS) is 11.5. The van der Waals surface area contributed by atoms with Crippen LogP contribution in [0, 0.1) is 36.5 Å². The number of methoxy groups -OCH3 is 1. The van der Waals surface area contributed by atoms with Crippen LogP contribution in [-0.2, 0) is 11.3 Å². The van der Waals surface area contributed by atoms with E-state index in [0.717, 1.165) is 22.4 Å². The van der Waals surface area contributed by atoms with Gasteiger partial charge in [-0.2, -0.15) is 15.5 Å². The summed E-state index contributed by atoms with van der Waals surface area (Å²) in [4.78, 5) is 9.22. The average molecular weight is 467 g/mol. The summed E-state index contributed by atoms with van der Waals surface area (Å²) in [7, 11) is 1.55. The molecule has 3 N–H and O–H groups in total. The molecule has 35 heavy (non-hydrogen) atoms. The minimum atomic E-state index is -1.02. The number of nitrogens with one attached hydrogen (secondary N) is 2. The average Bonchev–Trinajstić information content (AvgIpc) is 2.85. The molecule has 0 radical (unpaired) electrons. The molecule has 8 heteroatoms. The van der Waals surface area contributed by atoms with Crippen LogP contribution in [0.2, 0.25) is 0 Å². The molecule has 1 aromatic heterocycles. The van der Waals surface area contributed by atoms with E-state index in [1.165, 1.54) is 12.2 Å². The van der Waals surface area contributed by atoms with Crippen LogP contribution in [0.1, 0.15) is 39.6 Å². The van der Waals surface area contributed by atoms with Crippen LogP contribution in [0.3, 0.4) is 0 Å². The third-order valence-corrected chi connectivity index (χ3v) is 5.24. The Bertz CT molecular complexity index is 1310. The summed E-state index contributed by atoms with van der Waals surface area (Å²) in [5.74, 6) is 0.704. The van der Waals surface area contributed by atoms with E-state index in [1.807, 2.05) is 32.0 Å². The van der Waals surface area contributed by atoms with Crippen molar-refractivity contribution in [2.45, 2.75) is 26.6 Å². The summed E-state index contributed by atoms with van der Waals surface area (Å²) in [6.07, 6.45) is 3.57. The van der Waals surface area contributed by atoms with E-state index in [9.17, 15) is 5.11 Å². The molecule has 1 atom stereocenters. The zero-order valence-corrected chi connectivity index (χ0v) is 19.8. The molecule has 1 heterocycles. The summed E-state index contributed by atoms with van der Waals surface area (Å²) in [5, 5.41) is 35.1. The topological polar surface area (TPSA) is 127 Å². The summed E-state index contributed by atoms with van der Waals surface area (Å²) in [6.45, 7) is 7.77. The Hall–Kier alpha value is -4.50. The lowest BCUT2D eigenvalue weighted by atomic mass is 10.0. The van der Waals surface area contributed by atoms with Crippen LogP contribution in [0.4, 0.5) is 23.1 Å². The predicted octanol–water partition coefficient (Wildman–Crippen LogP) is 5.35. The highest BCUT2D eigenvalue weighted by Crippen LogP contribution is 2.33. The largest absolute Gasteiger partial charge is 0.384 e. The van der Waals surface area contributed by atoms with Crippen LogP contribution >= 0.6 is 0 Å². The number of nitriles is 2. The van der Waals surface area contributed by atoms with Crippen molar-refractivity contribution in [3.63, 3.8) is 0 Å². The van der Waals surface area contributed by atoms with Crippen LogP contribution in [0.15, 0.2) is 55.1 Å². The molecular weight excluding hydrogens is 440 g/mol. The van der Waals surface area contributed by atoms with E-state index in [0.29, 0.717) is 34.3 Å². The first-order valence-corrected chi connectivity index (χ1v) is 10.8. The summed E-state index contributed by atoms with van der Waals surface area (Å²) < 4.78 is 5.34. The van der Waals surface area contributed by atoms with Crippen LogP contribution < -0.4 is 10.6 Å². The summed E-state index contributed by atoms with van der Waals surface area (Å²) in [5.41, 5.74) is 5.81. The Balaban J connectivity index is 2.10. The molecule has 176 valence electrons. The van der Waals surface area contributed by atoms with Crippen LogP contribution in [0.5, 0.6) is 0 Å². The van der Waals surface area contributed by atoms with E-state index in [1.54, 1.807) is 37.5 Å². The van der Waals surface area contributed by atoms with Crippen molar-refractivity contribution >= 4 is 29.2 Å². The lowest BCUT2D eigenvalue weighted by molar-refractivity contribution is 0.174. The molecule has 3 rings (SSSR count). The molecule has 0 spiro atoms. The van der Waals surface area contributed by atoms with Gasteiger partial charge in [0, 0.05) is 24.6 Å². The van der Waals surface area contributed by atoms with Gasteiger partial charge in [-0.25, -0.2) is 4.98 Å². The highest BCUT2D eigenvalue weighted by atomic mass is 16.5. The lowest BCUT2D eigenvalue weighted by Gasteiger charge is -2.21. The van der Waals surface area contributed by atoms with Crippen molar-refractivity contribution in [2.75, 3.05) is 17.7 Å². The molecule has 3 aromatic rings. The monoisotopic (exact) mass is 466 g/mol. The maximum atomic E-state index is 10.7. The van der Waals surface area contributed by atoms with Gasteiger partial charge in [0.1, 0.15) is 11.9 Å². The second-order valence-corrected chi connectivity index (χ2v) is 7.80. The fourth-order valence-corrected chi connectivity index (χ4v) is 3.64. The second-order valence-electron chi connectivity index (χ2n) is 7.80. The van der Waals surface area contributed by atoms with E-state index in [2.05, 4.69) is 33.2 Å². The number of aliphatic hydroxyl groups is 1. The number of anilines is 4. The third-order valence-electron chi connectivity index (χ3n) is 5.24. The van der Waals surface area contributed by atoms with Gasteiger partial charge in [0.15, 0.2) is 0 Å². The van der Waals surface area contributed by atoms with Crippen LogP contribution in [-0.4, -0.2) is 22.2 Å². The Morgan fingerprint density at radius 3 is 2.37 bits per heavy atom. The first-order valence-electron chi connectivity index (χ1n) is 10.8. The molecule has 2 aromatic carbocycles. The molecule has 8 nitrogen and oxygen atoms in total. The first-order chi connectivity index (χ1) is 16.9. The number of hydrogen-bond donors (Lipinski definition) is 3. The minimum absolute atomic E-state index is 0.148. The number of hydrogen-bond acceptors (Lipinski definition) is 8. The lowest BCUT2D eigenvalue weighted by Crippen LogP contribution is -2.13. The third kappa shape index (κ3) is 6.10. The second kappa shape index (κ2) is 11.6. The zero-order chi connectivity index (χ0) is 25.4. The van der Waals surface area contributed by atoms with Crippen molar-refractivity contribution in [1.29, 1.82) is 10.5 Å². The quantitative estimate of drug-likeness (QED) is 0.284. The number of ether oxygens (including phenoxy) is 1. The highest BCUT2D eigenvalue weighted by Gasteiger charge is 2.21. The smallest absolute Gasteiger partial charge is 0.229 e. The fourth-order valence-electron chi connectivity index (χ4n) is 3.64. The predicted molar refractivity (Wildman–Crippen MR) is 136 cm³/mol. The molecule has 1 unspecified atom stereocenters. The molecule has 0 saturated carbocycles. The van der Waals surface area contributed by atoms with Gasteiger partial charge in [0.05, 0.1) is 35.6 Å². The number of aromatic nitrogens is 2. The van der Waals surface area contributed by atoms with Crippen molar-refractivity contribution < 1.29 is 9.84 Å². The number of rotatable bonds is 9. The van der Waals surface area contributed by atoms with E-state index >= 15 is 0 Å². The molecule has 0 aliphatic rings. The van der Waals surface area contributed by atoms with Crippen molar-refractivity contribution in [3.05, 3.63) is 88.6 Å². The zero-order valence-electron chi connectivity index (χ0n) is 19.8. The van der Waals surface area contributed by atoms with Gasteiger partial charge in [-0.15, -0.1) is 6.58 Å². The maximum Gasteiger partial charge on any atom is 0.229 e. The van der Waals surface area contributed by atoms with E-state index in [4.69, 9.17) is 15.3 Å². The number of nitrogens with zero attached hydrogens (tertiary/aromatic N) is 4. The molecule has 0 amide bonds. The SMILES string of the molecule is C=CC(O)c1c(COC)nc(Nc2ccc(C#N)cc2)nc1Nc1c(C)cc(/C=C/C#N)cc1C. The van der Waals surface area contributed by atoms with E-state index in [-0.39, 0.29) is 6.61 Å². The Labute approximate surface area is 204 Å². The number of allylic oxidation sites excluding steroid dienone is 1. The van der Waals surface area contributed by atoms with E-state index < -0.39 is 6.10 Å². The van der Waals surface area contributed by atoms with Gasteiger partial charge in [0.25, 0.3) is 0 Å². The summed E-state index contributed by atoms with van der Waals surface area (Å²) >= 11 is 0. The maximum absolute atomic E-state index is 10.7. The molecule has 0 aliphatic carbocycles. The standard InChI is InChI=1S/C27H26N6O2/c1-5-23(34)24-22(16-35-4)31-27(30-21-10-8-19(15-29)9-11-21)33-26(24)32-25-17(2)13-20(7-6-12-28)14-18(25)3/h5-11,13-14,23,34H,1,16H2,2-4H3,(H2,30,31,32,33)/b7-6+. The number of aliphatic hydroxyl groups excluding tert-OH is 1. The minimum Gasteiger partial charge on any atom is -0.384 e. The van der Waals surface area contributed by atoms with Crippen molar-refractivity contribution in [2.24, 2.45) is 0 Å². The highest BCUT2D eigenvalue weighted by molar-refractivity contribution is 5.71. The molecule has 0 fully saturated rings. The van der Waals surface area contributed by atoms with Gasteiger partial charge in [-0.1, -0.05) is 6.08 Å². The molecule has 0 bridgehead atoms. The fraction of sp³-hybridized carbons (Fsp3) is 0.185. The van der Waals surface area contributed by atoms with Gasteiger partial charge in [0.2, 0.25) is 5.95 Å². The van der Waals surface area contributed by atoms with Gasteiger partial charge >= 0.3 is 0 Å². The van der Waals surface area contributed by atoms with Gasteiger partial charge in [-0.05, 0) is 73.0 Å². The molecule has 0 saturated heterocycles. The summed E-state index contributed by atoms with van der Waals surface area (Å²) in [6, 6.07) is 14.9. The van der Waals surface area contributed by atoms with Crippen LogP contribution in [0.25, 0.3) is 6.08 Å². The van der Waals surface area contributed by atoms with Crippen molar-refractivity contribution in [3.8, 4) is 12.1 Å². The van der Waals surface area contributed by atoms with Gasteiger partial charge in [-0.3, -0.25) is 0 Å². The number of benzene rings is 2. The molecule has 0 aliphatic heterocycles. The molecular formula is C27H26N6O2. The Morgan fingerprint density at radius 1 is 1.11 bits per heavy atom. The Kier molecular flexibility index (Phi) is 8.31. The van der Waals surface area contributed by atoms with Crippen molar-refractivity contribution in [1.82, 2.24) is 9.97 Å². The number of aryl methyl sites for hydroxylation is 2. The van der Waals surface area contributed by atoms with Gasteiger partial charge < -0.3 is 20.5 Å². The Morgan fingerprint density at radius 2 is 1.80 bits per heavy atom.